The molecular weight excluding hydrogens is 270 g/mol. The number of nitrogens with zero attached hydrogens (tertiary/aromatic N) is 5. The predicted molar refractivity (Wildman–Crippen MR) is 76.8 cm³/mol. The first-order valence-electron chi connectivity index (χ1n) is 6.83. The second kappa shape index (κ2) is 5.95. The van der Waals surface area contributed by atoms with Crippen LogP contribution in [0.4, 0.5) is 10.5 Å². The minimum atomic E-state index is -0.491. The van der Waals surface area contributed by atoms with E-state index in [1.54, 1.807) is 11.1 Å². The number of ether oxygens (including phenoxy) is 1. The lowest BCUT2D eigenvalue weighted by Crippen LogP contribution is -2.50. The molecule has 1 aromatic heterocycles. The van der Waals surface area contributed by atoms with Crippen molar-refractivity contribution in [2.45, 2.75) is 26.4 Å². The fourth-order valence-electron chi connectivity index (χ4n) is 2.10. The summed E-state index contributed by atoms with van der Waals surface area (Å²) >= 11 is 0. The van der Waals surface area contributed by atoms with Gasteiger partial charge in [-0.3, -0.25) is 0 Å². The van der Waals surface area contributed by atoms with Gasteiger partial charge in [-0.25, -0.2) is 14.8 Å². The molecule has 21 heavy (non-hydrogen) atoms. The molecule has 0 N–H and O–H groups in total. The van der Waals surface area contributed by atoms with Crippen LogP contribution in [0.25, 0.3) is 0 Å². The molecule has 1 fully saturated rings. The molecule has 0 aromatic carbocycles. The van der Waals surface area contributed by atoms with Crippen LogP contribution in [0.2, 0.25) is 0 Å². The largest absolute Gasteiger partial charge is 0.444 e. The van der Waals surface area contributed by atoms with E-state index in [9.17, 15) is 4.79 Å². The molecule has 7 nitrogen and oxygen atoms in total. The third-order valence-corrected chi connectivity index (χ3v) is 3.07. The molecular formula is C14H19N5O2. The lowest BCUT2D eigenvalue weighted by Gasteiger charge is -2.36. The summed E-state index contributed by atoms with van der Waals surface area (Å²) in [5.41, 5.74) is 0.578. The minimum absolute atomic E-state index is 0.299. The van der Waals surface area contributed by atoms with E-state index in [2.05, 4.69) is 16.0 Å². The number of anilines is 1. The zero-order valence-corrected chi connectivity index (χ0v) is 12.5. The van der Waals surface area contributed by atoms with Gasteiger partial charge in [-0.2, -0.15) is 5.26 Å². The van der Waals surface area contributed by atoms with E-state index < -0.39 is 5.60 Å². The van der Waals surface area contributed by atoms with Crippen molar-refractivity contribution in [3.8, 4) is 6.07 Å². The van der Waals surface area contributed by atoms with Gasteiger partial charge in [0.2, 0.25) is 0 Å². The van der Waals surface area contributed by atoms with Crippen LogP contribution in [0, 0.1) is 11.3 Å². The Balaban J connectivity index is 1.98. The van der Waals surface area contributed by atoms with E-state index in [1.807, 2.05) is 25.7 Å². The number of rotatable bonds is 1. The molecule has 0 saturated carbocycles. The van der Waals surface area contributed by atoms with Crippen molar-refractivity contribution in [3.63, 3.8) is 0 Å². The zero-order valence-electron chi connectivity index (χ0n) is 12.5. The minimum Gasteiger partial charge on any atom is -0.444 e. The maximum atomic E-state index is 12.0. The first kappa shape index (κ1) is 15.0. The number of hydrogen-bond acceptors (Lipinski definition) is 6. The van der Waals surface area contributed by atoms with Crippen molar-refractivity contribution in [1.82, 2.24) is 14.9 Å². The van der Waals surface area contributed by atoms with Crippen LogP contribution in [0.15, 0.2) is 12.5 Å². The van der Waals surface area contributed by atoms with Gasteiger partial charge in [-0.05, 0) is 20.8 Å². The van der Waals surface area contributed by atoms with Gasteiger partial charge < -0.3 is 14.5 Å². The Bertz CT molecular complexity index is 553. The van der Waals surface area contributed by atoms with Crippen molar-refractivity contribution >= 4 is 11.8 Å². The summed E-state index contributed by atoms with van der Waals surface area (Å²) in [4.78, 5) is 23.6. The van der Waals surface area contributed by atoms with Crippen LogP contribution < -0.4 is 4.90 Å². The SMILES string of the molecule is CC(C)(C)OC(=O)N1CCN(c2cncnc2C#N)CC1. The lowest BCUT2D eigenvalue weighted by atomic mass is 10.2. The van der Waals surface area contributed by atoms with E-state index in [4.69, 9.17) is 10.00 Å². The van der Waals surface area contributed by atoms with Crippen molar-refractivity contribution in [2.24, 2.45) is 0 Å². The molecule has 1 aliphatic rings. The average molecular weight is 289 g/mol. The highest BCUT2D eigenvalue weighted by Crippen LogP contribution is 2.19. The molecule has 1 amide bonds. The number of hydrogen-bond donors (Lipinski definition) is 0. The first-order chi connectivity index (χ1) is 9.90. The van der Waals surface area contributed by atoms with E-state index in [1.165, 1.54) is 6.33 Å². The standard InChI is InChI=1S/C14H19N5O2/c1-14(2,3)21-13(20)19-6-4-18(5-7-19)12-9-16-10-17-11(12)8-15/h9-10H,4-7H2,1-3H3. The van der Waals surface area contributed by atoms with Gasteiger partial charge in [0.15, 0.2) is 5.69 Å². The Morgan fingerprint density at radius 2 is 2.00 bits per heavy atom. The maximum absolute atomic E-state index is 12.0. The number of amides is 1. The van der Waals surface area contributed by atoms with Crippen LogP contribution in [0.5, 0.6) is 0 Å². The highest BCUT2D eigenvalue weighted by Gasteiger charge is 2.26. The third kappa shape index (κ3) is 3.81. The summed E-state index contributed by atoms with van der Waals surface area (Å²) < 4.78 is 5.35. The average Bonchev–Trinajstić information content (AvgIpc) is 2.45. The van der Waals surface area contributed by atoms with E-state index >= 15 is 0 Å². The van der Waals surface area contributed by atoms with Gasteiger partial charge in [-0.1, -0.05) is 0 Å². The van der Waals surface area contributed by atoms with Crippen molar-refractivity contribution in [2.75, 3.05) is 31.1 Å². The fourth-order valence-corrected chi connectivity index (χ4v) is 2.10. The zero-order chi connectivity index (χ0) is 15.5. The van der Waals surface area contributed by atoms with Gasteiger partial charge in [0.05, 0.1) is 11.9 Å². The fraction of sp³-hybridized carbons (Fsp3) is 0.571. The molecule has 0 aliphatic carbocycles. The summed E-state index contributed by atoms with van der Waals surface area (Å²) in [5, 5.41) is 9.07. The molecule has 1 aromatic rings. The third-order valence-electron chi connectivity index (χ3n) is 3.07. The van der Waals surface area contributed by atoms with E-state index in [0.29, 0.717) is 37.6 Å². The van der Waals surface area contributed by atoms with Crippen molar-refractivity contribution in [1.29, 1.82) is 5.26 Å². The number of piperazine rings is 1. The lowest BCUT2D eigenvalue weighted by molar-refractivity contribution is 0.0240. The number of nitriles is 1. The van der Waals surface area contributed by atoms with Crippen LogP contribution in [0.1, 0.15) is 26.5 Å². The molecule has 0 spiro atoms. The number of carbonyl (C=O) groups is 1. The summed E-state index contributed by atoms with van der Waals surface area (Å²) in [6.07, 6.45) is 2.69. The summed E-state index contributed by atoms with van der Waals surface area (Å²) in [6.45, 7) is 7.90. The molecule has 0 unspecified atom stereocenters. The Morgan fingerprint density at radius 3 is 2.57 bits per heavy atom. The molecule has 2 heterocycles. The maximum Gasteiger partial charge on any atom is 0.410 e. The molecule has 0 bridgehead atoms. The van der Waals surface area contributed by atoms with Crippen LogP contribution in [0.3, 0.4) is 0 Å². The number of carbonyl (C=O) groups excluding carboxylic acids is 1. The molecule has 0 atom stereocenters. The summed E-state index contributed by atoms with van der Waals surface area (Å²) in [6, 6.07) is 2.06. The molecule has 1 aliphatic heterocycles. The van der Waals surface area contributed by atoms with Crippen molar-refractivity contribution < 1.29 is 9.53 Å². The van der Waals surface area contributed by atoms with Crippen LogP contribution in [-0.4, -0.2) is 52.7 Å². The highest BCUT2D eigenvalue weighted by atomic mass is 16.6. The quantitative estimate of drug-likeness (QED) is 0.777. The number of aromatic nitrogens is 2. The Hall–Kier alpha value is -2.36. The predicted octanol–water partition coefficient (Wildman–Crippen LogP) is 1.41. The van der Waals surface area contributed by atoms with Crippen molar-refractivity contribution in [3.05, 3.63) is 18.2 Å². The molecule has 2 rings (SSSR count). The van der Waals surface area contributed by atoms with Gasteiger partial charge in [0, 0.05) is 26.2 Å². The molecule has 1 saturated heterocycles. The molecule has 112 valence electrons. The second-order valence-corrected chi connectivity index (χ2v) is 5.82. The van der Waals surface area contributed by atoms with Gasteiger partial charge in [0.25, 0.3) is 0 Å². The summed E-state index contributed by atoms with van der Waals surface area (Å²) in [5.74, 6) is 0. The topological polar surface area (TPSA) is 82.3 Å². The molecule has 7 heteroatoms. The molecule has 0 radical (unpaired) electrons. The second-order valence-electron chi connectivity index (χ2n) is 5.82. The van der Waals surface area contributed by atoms with Gasteiger partial charge in [-0.15, -0.1) is 0 Å². The first-order valence-corrected chi connectivity index (χ1v) is 6.83. The van der Waals surface area contributed by atoms with Crippen LogP contribution in [-0.2, 0) is 4.74 Å². The Labute approximate surface area is 124 Å². The van der Waals surface area contributed by atoms with Gasteiger partial charge in [0.1, 0.15) is 18.0 Å². The van der Waals surface area contributed by atoms with Crippen LogP contribution >= 0.6 is 0 Å². The smallest absolute Gasteiger partial charge is 0.410 e. The Kier molecular flexibility index (Phi) is 4.26. The Morgan fingerprint density at radius 1 is 1.33 bits per heavy atom. The normalized spacial score (nSPS) is 15.5. The summed E-state index contributed by atoms with van der Waals surface area (Å²) in [7, 11) is 0. The van der Waals surface area contributed by atoms with E-state index in [0.717, 1.165) is 0 Å². The van der Waals surface area contributed by atoms with Gasteiger partial charge >= 0.3 is 6.09 Å². The van der Waals surface area contributed by atoms with E-state index in [-0.39, 0.29) is 6.09 Å². The highest BCUT2D eigenvalue weighted by molar-refractivity contribution is 5.68. The monoisotopic (exact) mass is 289 g/mol.